The third-order valence-corrected chi connectivity index (χ3v) is 4.03. The highest BCUT2D eigenvalue weighted by Crippen LogP contribution is 2.34. The Morgan fingerprint density at radius 1 is 1.35 bits per heavy atom. The lowest BCUT2D eigenvalue weighted by Crippen LogP contribution is -2.16. The number of carboxylic acids is 1. The number of thiazole rings is 1. The normalized spacial score (nSPS) is 11.7. The quantitative estimate of drug-likeness (QED) is 0.900. The Hall–Kier alpha value is -1.75. The largest absolute Gasteiger partial charge is 0.477 e. The molecule has 1 N–H and O–H groups in total. The van der Waals surface area contributed by atoms with Crippen molar-refractivity contribution in [3.8, 4) is 10.6 Å². The van der Waals surface area contributed by atoms with Crippen LogP contribution in [0.1, 0.15) is 41.7 Å². The molecule has 106 valence electrons. The molecule has 0 unspecified atom stereocenters. The number of hydrogen-bond donors (Lipinski definition) is 1. The van der Waals surface area contributed by atoms with E-state index in [9.17, 15) is 14.3 Å². The van der Waals surface area contributed by atoms with Crippen LogP contribution in [0, 0.1) is 12.7 Å². The molecule has 2 rings (SSSR count). The van der Waals surface area contributed by atoms with Crippen LogP contribution in [0.2, 0.25) is 0 Å². The Kier molecular flexibility index (Phi) is 3.65. The maximum atomic E-state index is 13.3. The summed E-state index contributed by atoms with van der Waals surface area (Å²) in [5.74, 6) is -1.25. The van der Waals surface area contributed by atoms with Gasteiger partial charge >= 0.3 is 5.97 Å². The molecule has 3 nitrogen and oxygen atoms in total. The van der Waals surface area contributed by atoms with E-state index >= 15 is 0 Å². The van der Waals surface area contributed by atoms with Gasteiger partial charge < -0.3 is 5.11 Å². The van der Waals surface area contributed by atoms with Gasteiger partial charge in [0.25, 0.3) is 0 Å². The van der Waals surface area contributed by atoms with Crippen molar-refractivity contribution in [3.05, 3.63) is 40.2 Å². The maximum absolute atomic E-state index is 13.3. The van der Waals surface area contributed by atoms with Gasteiger partial charge in [0.15, 0.2) is 0 Å². The summed E-state index contributed by atoms with van der Waals surface area (Å²) in [7, 11) is 0. The van der Waals surface area contributed by atoms with Gasteiger partial charge in [0, 0.05) is 11.0 Å². The maximum Gasteiger partial charge on any atom is 0.347 e. The molecule has 0 saturated carbocycles. The van der Waals surface area contributed by atoms with Gasteiger partial charge in [-0.15, -0.1) is 11.3 Å². The fourth-order valence-electron chi connectivity index (χ4n) is 1.87. The minimum Gasteiger partial charge on any atom is -0.477 e. The van der Waals surface area contributed by atoms with Crippen LogP contribution in [-0.2, 0) is 5.41 Å². The predicted molar refractivity (Wildman–Crippen MR) is 77.9 cm³/mol. The number of hydrogen-bond acceptors (Lipinski definition) is 3. The molecule has 0 aliphatic carbocycles. The highest BCUT2D eigenvalue weighted by atomic mass is 32.1. The number of halogens is 1. The predicted octanol–water partition coefficient (Wildman–Crippen LogP) is 4.25. The van der Waals surface area contributed by atoms with Crippen LogP contribution in [0.3, 0.4) is 0 Å². The van der Waals surface area contributed by atoms with Crippen LogP contribution in [-0.4, -0.2) is 16.1 Å². The molecule has 0 aliphatic heterocycles. The van der Waals surface area contributed by atoms with Gasteiger partial charge in [-0.05, 0) is 30.7 Å². The van der Waals surface area contributed by atoms with Crippen LogP contribution in [0.4, 0.5) is 4.39 Å². The fourth-order valence-corrected chi connectivity index (χ4v) is 2.99. The highest BCUT2D eigenvalue weighted by molar-refractivity contribution is 7.17. The second-order valence-electron chi connectivity index (χ2n) is 5.72. The van der Waals surface area contributed by atoms with E-state index in [1.165, 1.54) is 6.07 Å². The summed E-state index contributed by atoms with van der Waals surface area (Å²) in [4.78, 5) is 16.0. The summed E-state index contributed by atoms with van der Waals surface area (Å²) in [6.07, 6.45) is 0. The van der Waals surface area contributed by atoms with E-state index in [0.29, 0.717) is 16.3 Å². The first-order valence-electron chi connectivity index (χ1n) is 6.21. The van der Waals surface area contributed by atoms with Crippen LogP contribution < -0.4 is 0 Å². The lowest BCUT2D eigenvalue weighted by Gasteiger charge is -2.16. The molecule has 5 heteroatoms. The summed E-state index contributed by atoms with van der Waals surface area (Å²) in [5, 5.41) is 9.91. The standard InChI is InChI=1S/C15H16FNO2S/c1-8-7-9(5-6-10(8)16)13-17-12(15(2,3)4)11(20-13)14(18)19/h5-7H,1-4H3,(H,18,19). The third-order valence-electron chi connectivity index (χ3n) is 2.94. The molecule has 0 fully saturated rings. The zero-order valence-electron chi connectivity index (χ0n) is 11.8. The molecule has 1 aromatic heterocycles. The van der Waals surface area contributed by atoms with Gasteiger partial charge in [0.2, 0.25) is 0 Å². The Morgan fingerprint density at radius 2 is 2.00 bits per heavy atom. The molecular formula is C15H16FNO2S. The van der Waals surface area contributed by atoms with E-state index in [2.05, 4.69) is 4.98 Å². The van der Waals surface area contributed by atoms with Crippen molar-refractivity contribution in [2.45, 2.75) is 33.1 Å². The number of rotatable bonds is 2. The number of benzene rings is 1. The van der Waals surface area contributed by atoms with Gasteiger partial charge in [-0.3, -0.25) is 0 Å². The van der Waals surface area contributed by atoms with Gasteiger partial charge in [-0.1, -0.05) is 20.8 Å². The van der Waals surface area contributed by atoms with Crippen molar-refractivity contribution in [1.82, 2.24) is 4.98 Å². The van der Waals surface area contributed by atoms with Crippen LogP contribution in [0.5, 0.6) is 0 Å². The molecule has 0 saturated heterocycles. The van der Waals surface area contributed by atoms with Crippen LogP contribution in [0.15, 0.2) is 18.2 Å². The van der Waals surface area contributed by atoms with Gasteiger partial charge in [0.05, 0.1) is 5.69 Å². The smallest absolute Gasteiger partial charge is 0.347 e. The van der Waals surface area contributed by atoms with Gasteiger partial charge in [0.1, 0.15) is 15.7 Å². The van der Waals surface area contributed by atoms with E-state index in [1.807, 2.05) is 20.8 Å². The summed E-state index contributed by atoms with van der Waals surface area (Å²) < 4.78 is 13.3. The zero-order chi connectivity index (χ0) is 15.1. The number of carbonyl (C=O) groups is 1. The van der Waals surface area contributed by atoms with Crippen molar-refractivity contribution in [2.75, 3.05) is 0 Å². The molecule has 0 atom stereocenters. The molecule has 1 aromatic carbocycles. The average Bonchev–Trinajstić information content (AvgIpc) is 2.77. The lowest BCUT2D eigenvalue weighted by molar-refractivity contribution is 0.0699. The first kappa shape index (κ1) is 14.7. The van der Waals surface area contributed by atoms with Crippen molar-refractivity contribution < 1.29 is 14.3 Å². The molecule has 0 spiro atoms. The molecule has 20 heavy (non-hydrogen) atoms. The van der Waals surface area contributed by atoms with E-state index < -0.39 is 5.97 Å². The SMILES string of the molecule is Cc1cc(-c2nc(C(C)(C)C)c(C(=O)O)s2)ccc1F. The summed E-state index contributed by atoms with van der Waals surface area (Å²) in [6.45, 7) is 7.45. The summed E-state index contributed by atoms with van der Waals surface area (Å²) in [5.41, 5.74) is 1.48. The average molecular weight is 293 g/mol. The number of aromatic nitrogens is 1. The Labute approximate surface area is 121 Å². The fraction of sp³-hybridized carbons (Fsp3) is 0.333. The van der Waals surface area contributed by atoms with E-state index in [1.54, 1.807) is 19.1 Å². The van der Waals surface area contributed by atoms with Gasteiger partial charge in [-0.25, -0.2) is 14.2 Å². The summed E-state index contributed by atoms with van der Waals surface area (Å²) in [6, 6.07) is 4.69. The molecule has 0 bridgehead atoms. The Morgan fingerprint density at radius 3 is 2.45 bits per heavy atom. The molecule has 1 heterocycles. The minimum absolute atomic E-state index is 0.245. The second-order valence-corrected chi connectivity index (χ2v) is 6.71. The van der Waals surface area contributed by atoms with Crippen LogP contribution in [0.25, 0.3) is 10.6 Å². The third kappa shape index (κ3) is 2.72. The molecule has 0 amide bonds. The number of aryl methyl sites for hydroxylation is 1. The minimum atomic E-state index is -0.975. The van der Waals surface area contributed by atoms with Gasteiger partial charge in [-0.2, -0.15) is 0 Å². The zero-order valence-corrected chi connectivity index (χ0v) is 12.6. The number of carboxylic acid groups (broad SMARTS) is 1. The lowest BCUT2D eigenvalue weighted by atomic mass is 9.91. The molecule has 0 aliphatic rings. The first-order valence-corrected chi connectivity index (χ1v) is 7.03. The monoisotopic (exact) mass is 293 g/mol. The molecular weight excluding hydrogens is 277 g/mol. The highest BCUT2D eigenvalue weighted by Gasteiger charge is 2.27. The summed E-state index contributed by atoms with van der Waals surface area (Å²) >= 11 is 1.13. The van der Waals surface area contributed by atoms with E-state index in [-0.39, 0.29) is 16.1 Å². The van der Waals surface area contributed by atoms with E-state index in [4.69, 9.17) is 0 Å². The van der Waals surface area contributed by atoms with Crippen molar-refractivity contribution >= 4 is 17.3 Å². The van der Waals surface area contributed by atoms with Crippen molar-refractivity contribution in [2.24, 2.45) is 0 Å². The molecule has 0 radical (unpaired) electrons. The second kappa shape index (κ2) is 4.98. The Bertz CT molecular complexity index is 671. The number of nitrogens with zero attached hydrogens (tertiary/aromatic N) is 1. The van der Waals surface area contributed by atoms with E-state index in [0.717, 1.165) is 16.9 Å². The first-order chi connectivity index (χ1) is 9.20. The molecule has 2 aromatic rings. The van der Waals surface area contributed by atoms with Crippen LogP contribution >= 0.6 is 11.3 Å². The number of aromatic carboxylic acids is 1. The topological polar surface area (TPSA) is 50.2 Å². The van der Waals surface area contributed by atoms with Crippen molar-refractivity contribution in [3.63, 3.8) is 0 Å². The van der Waals surface area contributed by atoms with Crippen molar-refractivity contribution in [1.29, 1.82) is 0 Å². The Balaban J connectivity index is 2.58.